The molecule has 0 saturated heterocycles. The van der Waals surface area contributed by atoms with Crippen molar-refractivity contribution in [2.75, 3.05) is 5.32 Å². The Hall–Kier alpha value is -1.83. The zero-order valence-corrected chi connectivity index (χ0v) is 14.1. The van der Waals surface area contributed by atoms with Crippen LogP contribution in [0, 0.1) is 11.3 Å². The van der Waals surface area contributed by atoms with Gasteiger partial charge in [-0.25, -0.2) is 0 Å². The molecule has 3 aromatic rings. The Balaban J connectivity index is 2.09. The summed E-state index contributed by atoms with van der Waals surface area (Å²) in [6, 6.07) is 20.0. The van der Waals surface area contributed by atoms with E-state index in [1.54, 1.807) is 6.07 Å². The molecule has 3 rings (SSSR count). The van der Waals surface area contributed by atoms with Crippen LogP contribution in [0.25, 0.3) is 10.8 Å². The van der Waals surface area contributed by atoms with E-state index in [1.807, 2.05) is 36.4 Å². The van der Waals surface area contributed by atoms with E-state index < -0.39 is 0 Å². The van der Waals surface area contributed by atoms with Gasteiger partial charge in [0.15, 0.2) is 0 Å². The predicted molar refractivity (Wildman–Crippen MR) is 93.8 cm³/mol. The largest absolute Gasteiger partial charge is 0.355 e. The van der Waals surface area contributed by atoms with E-state index >= 15 is 0 Å². The van der Waals surface area contributed by atoms with E-state index in [-0.39, 0.29) is 0 Å². The number of anilines is 2. The lowest BCUT2D eigenvalue weighted by atomic mass is 10.1. The van der Waals surface area contributed by atoms with E-state index in [0.717, 1.165) is 31.1 Å². The Bertz CT molecular complexity index is 866. The van der Waals surface area contributed by atoms with Gasteiger partial charge in [-0.1, -0.05) is 56.1 Å². The molecule has 4 heteroatoms. The van der Waals surface area contributed by atoms with Crippen LogP contribution >= 0.6 is 31.9 Å². The number of rotatable bonds is 2. The Kier molecular flexibility index (Phi) is 3.96. The summed E-state index contributed by atoms with van der Waals surface area (Å²) in [6.07, 6.45) is 0. The predicted octanol–water partition coefficient (Wildman–Crippen LogP) is 5.98. The molecule has 2 nitrogen and oxygen atoms in total. The molecule has 0 spiro atoms. The van der Waals surface area contributed by atoms with Crippen LogP contribution in [-0.2, 0) is 0 Å². The number of halogens is 2. The summed E-state index contributed by atoms with van der Waals surface area (Å²) in [6.45, 7) is 0. The third-order valence-electron chi connectivity index (χ3n) is 3.18. The first kappa shape index (κ1) is 14.1. The molecule has 0 unspecified atom stereocenters. The first-order chi connectivity index (χ1) is 10.2. The minimum absolute atomic E-state index is 0.619. The minimum atomic E-state index is 0.619. The molecule has 0 amide bonds. The lowest BCUT2D eigenvalue weighted by Gasteiger charge is -2.11. The van der Waals surface area contributed by atoms with Gasteiger partial charge in [0.05, 0.1) is 11.6 Å². The first-order valence-electron chi connectivity index (χ1n) is 6.32. The highest BCUT2D eigenvalue weighted by Crippen LogP contribution is 2.32. The molecule has 102 valence electrons. The van der Waals surface area contributed by atoms with Crippen LogP contribution in [0.2, 0.25) is 0 Å². The van der Waals surface area contributed by atoms with Gasteiger partial charge in [-0.3, -0.25) is 0 Å². The van der Waals surface area contributed by atoms with Gasteiger partial charge in [0.25, 0.3) is 0 Å². The Morgan fingerprint density at radius 1 is 0.905 bits per heavy atom. The average Bonchev–Trinajstić information content (AvgIpc) is 2.50. The van der Waals surface area contributed by atoms with Crippen molar-refractivity contribution in [2.24, 2.45) is 0 Å². The molecule has 0 bridgehead atoms. The van der Waals surface area contributed by atoms with Gasteiger partial charge in [-0.05, 0) is 35.7 Å². The maximum atomic E-state index is 9.06. The van der Waals surface area contributed by atoms with Crippen molar-refractivity contribution in [2.45, 2.75) is 0 Å². The third-order valence-corrected chi connectivity index (χ3v) is 4.33. The van der Waals surface area contributed by atoms with Crippen molar-refractivity contribution < 1.29 is 0 Å². The van der Waals surface area contributed by atoms with Crippen LogP contribution in [0.1, 0.15) is 5.56 Å². The molecule has 0 aliphatic heterocycles. The van der Waals surface area contributed by atoms with E-state index in [2.05, 4.69) is 55.4 Å². The zero-order valence-electron chi connectivity index (χ0n) is 10.9. The van der Waals surface area contributed by atoms with E-state index in [9.17, 15) is 0 Å². The van der Waals surface area contributed by atoms with Crippen LogP contribution in [0.15, 0.2) is 63.5 Å². The highest BCUT2D eigenvalue weighted by Gasteiger charge is 2.05. The van der Waals surface area contributed by atoms with E-state index in [0.29, 0.717) is 5.56 Å². The lowest BCUT2D eigenvalue weighted by molar-refractivity contribution is 1.46. The summed E-state index contributed by atoms with van der Waals surface area (Å²) in [4.78, 5) is 0. The van der Waals surface area contributed by atoms with Gasteiger partial charge >= 0.3 is 0 Å². The number of nitrogens with zero attached hydrogens (tertiary/aromatic N) is 1. The second-order valence-corrected chi connectivity index (χ2v) is 6.38. The fraction of sp³-hybridized carbons (Fsp3) is 0. The summed E-state index contributed by atoms with van der Waals surface area (Å²) in [7, 11) is 0. The monoisotopic (exact) mass is 400 g/mol. The molecule has 1 N–H and O–H groups in total. The van der Waals surface area contributed by atoms with Gasteiger partial charge in [-0.15, -0.1) is 0 Å². The van der Waals surface area contributed by atoms with Crippen molar-refractivity contribution in [3.05, 3.63) is 69.1 Å². The molecule has 0 saturated carbocycles. The minimum Gasteiger partial charge on any atom is -0.355 e. The summed E-state index contributed by atoms with van der Waals surface area (Å²) in [5, 5.41) is 14.7. The maximum Gasteiger partial charge on any atom is 0.0992 e. The van der Waals surface area contributed by atoms with Gasteiger partial charge in [0.2, 0.25) is 0 Å². The summed E-state index contributed by atoms with van der Waals surface area (Å²) in [5.74, 6) is 0. The molecule has 3 aromatic carbocycles. The fourth-order valence-corrected chi connectivity index (χ4v) is 3.22. The Labute approximate surface area is 139 Å². The number of benzene rings is 3. The second kappa shape index (κ2) is 5.88. The van der Waals surface area contributed by atoms with Crippen LogP contribution < -0.4 is 5.32 Å². The van der Waals surface area contributed by atoms with E-state index in [1.165, 1.54) is 0 Å². The number of hydrogen-bond donors (Lipinski definition) is 1. The number of nitriles is 1. The Morgan fingerprint density at radius 3 is 2.43 bits per heavy atom. The molecular formula is C17H10Br2N2. The number of hydrogen-bond acceptors (Lipinski definition) is 2. The summed E-state index contributed by atoms with van der Waals surface area (Å²) >= 11 is 7.00. The summed E-state index contributed by atoms with van der Waals surface area (Å²) < 4.78 is 1.95. The second-order valence-electron chi connectivity index (χ2n) is 4.61. The molecule has 0 atom stereocenters. The number of nitrogens with one attached hydrogen (secondary N) is 1. The lowest BCUT2D eigenvalue weighted by Crippen LogP contribution is -1.93. The number of fused-ring (bicyclic) bond motifs is 1. The van der Waals surface area contributed by atoms with E-state index in [4.69, 9.17) is 5.26 Å². The van der Waals surface area contributed by atoms with Crippen LogP contribution in [-0.4, -0.2) is 0 Å². The highest BCUT2D eigenvalue weighted by atomic mass is 79.9. The van der Waals surface area contributed by atoms with Crippen molar-refractivity contribution in [1.82, 2.24) is 0 Å². The smallest absolute Gasteiger partial charge is 0.0992 e. The normalized spacial score (nSPS) is 10.3. The van der Waals surface area contributed by atoms with Crippen molar-refractivity contribution >= 4 is 54.0 Å². The first-order valence-corrected chi connectivity index (χ1v) is 7.91. The fourth-order valence-electron chi connectivity index (χ4n) is 2.25. The Morgan fingerprint density at radius 2 is 1.67 bits per heavy atom. The highest BCUT2D eigenvalue weighted by molar-refractivity contribution is 9.11. The maximum absolute atomic E-state index is 9.06. The molecule has 21 heavy (non-hydrogen) atoms. The summed E-state index contributed by atoms with van der Waals surface area (Å²) in [5.41, 5.74) is 2.51. The van der Waals surface area contributed by atoms with Crippen LogP contribution in [0.4, 0.5) is 11.4 Å². The van der Waals surface area contributed by atoms with Gasteiger partial charge in [0.1, 0.15) is 0 Å². The molecule has 0 aromatic heterocycles. The zero-order chi connectivity index (χ0) is 14.8. The molecule has 0 fully saturated rings. The third kappa shape index (κ3) is 2.94. The van der Waals surface area contributed by atoms with Crippen molar-refractivity contribution in [1.29, 1.82) is 5.26 Å². The van der Waals surface area contributed by atoms with Crippen molar-refractivity contribution in [3.8, 4) is 6.07 Å². The van der Waals surface area contributed by atoms with Crippen LogP contribution in [0.5, 0.6) is 0 Å². The molecule has 0 aliphatic rings. The van der Waals surface area contributed by atoms with Crippen molar-refractivity contribution in [3.63, 3.8) is 0 Å². The van der Waals surface area contributed by atoms with Crippen LogP contribution in [0.3, 0.4) is 0 Å². The SMILES string of the molecule is N#Cc1cc(Br)cc(Nc2ccc(Br)c3ccccc23)c1. The molecule has 0 radical (unpaired) electrons. The molecule has 0 aliphatic carbocycles. The van der Waals surface area contributed by atoms with Gasteiger partial charge < -0.3 is 5.32 Å². The standard InChI is InChI=1S/C17H10Br2N2/c18-12-7-11(10-20)8-13(9-12)21-17-6-5-16(19)14-3-1-2-4-15(14)17/h1-9,21H. The topological polar surface area (TPSA) is 35.8 Å². The molecular weight excluding hydrogens is 392 g/mol. The quantitative estimate of drug-likeness (QED) is 0.573. The van der Waals surface area contributed by atoms with Gasteiger partial charge in [-0.2, -0.15) is 5.26 Å². The van der Waals surface area contributed by atoms with Gasteiger partial charge in [0, 0.05) is 25.7 Å². The average molecular weight is 402 g/mol. The molecule has 0 heterocycles.